The Labute approximate surface area is 473 Å². The normalized spacial score (nSPS) is 11.1. The molecule has 6 N–H and O–H groups in total. The second-order valence-corrected chi connectivity index (χ2v) is 16.6. The number of aliphatic hydroxyl groups excluding tert-OH is 2. The van der Waals surface area contributed by atoms with E-state index >= 15 is 0 Å². The summed E-state index contributed by atoms with van der Waals surface area (Å²) in [7, 11) is -7.93. The average Bonchev–Trinajstić information content (AvgIpc) is 3.34. The molecule has 0 saturated heterocycles. The Morgan fingerprint density at radius 2 is 1.18 bits per heavy atom. The van der Waals surface area contributed by atoms with Crippen molar-refractivity contribution in [3.63, 3.8) is 0 Å². The molecule has 76 heavy (non-hydrogen) atoms. The topological polar surface area (TPSA) is 388 Å². The maximum atomic E-state index is 11.6. The van der Waals surface area contributed by atoms with Crippen LogP contribution in [0.5, 0.6) is 17.2 Å². The molecule has 0 aliphatic rings. The minimum absolute atomic E-state index is 0. The van der Waals surface area contributed by atoms with Crippen LogP contribution < -0.4 is 82.0 Å². The molecule has 0 radical (unpaired) electrons. The zero-order chi connectivity index (χ0) is 53.2. The van der Waals surface area contributed by atoms with Crippen LogP contribution in [-0.4, -0.2) is 102 Å². The number of hydrogen-bond acceptors (Lipinski definition) is 26. The van der Waals surface area contributed by atoms with Gasteiger partial charge < -0.3 is 45.3 Å². The second kappa shape index (κ2) is 31.2. The molecule has 0 aliphatic heterocycles. The summed E-state index contributed by atoms with van der Waals surface area (Å²) in [4.78, 5) is 12.5. The van der Waals surface area contributed by atoms with Crippen LogP contribution in [0.2, 0.25) is 0 Å². The predicted octanol–water partition coefficient (Wildman–Crippen LogP) is -1.63. The first kappa shape index (κ1) is 65.2. The molecule has 7 aromatic rings. The zero-order valence-electron chi connectivity index (χ0n) is 41.3. The van der Waals surface area contributed by atoms with Gasteiger partial charge in [0.25, 0.3) is 0 Å². The van der Waals surface area contributed by atoms with Gasteiger partial charge in [-0.1, -0.05) is 23.6 Å². The number of aliphatic hydroxyl groups is 2. The van der Waals surface area contributed by atoms with Gasteiger partial charge in [-0.05, 0) is 67.1 Å². The molecule has 380 valence electrons. The van der Waals surface area contributed by atoms with Crippen molar-refractivity contribution in [2.75, 3.05) is 43.3 Å². The number of rotatable bonds is 17. The number of azo groups is 3. The molecule has 7 rings (SSSR count). The number of benzene rings is 6. The summed E-state index contributed by atoms with van der Waals surface area (Å²) in [5.41, 5.74) is 4.96. The van der Waals surface area contributed by atoms with E-state index in [-0.39, 0.29) is 98.1 Å². The maximum absolute atomic E-state index is 11.6. The second-order valence-electron chi connectivity index (χ2n) is 14.4. The average molecular weight is 1080 g/mol. The van der Waals surface area contributed by atoms with E-state index in [1.165, 1.54) is 26.4 Å². The Bertz CT molecular complexity index is 3540. The number of nitrogens with one attached hydrogen (secondary N) is 3. The number of aromatic nitrogens is 3. The number of aromatic hydroxyl groups is 1. The van der Waals surface area contributed by atoms with Gasteiger partial charge in [-0.3, -0.25) is 0 Å². The molecule has 0 aliphatic carbocycles. The van der Waals surface area contributed by atoms with Gasteiger partial charge in [-0.25, -0.2) is 8.42 Å². The first-order valence-corrected chi connectivity index (χ1v) is 23.9. The fourth-order valence-corrected chi connectivity index (χ4v) is 6.53. The molecule has 0 amide bonds. The van der Waals surface area contributed by atoms with Gasteiger partial charge >= 0.3 is 77.8 Å². The molecule has 1 atom stereocenters. The molecule has 0 bridgehead atoms. The predicted molar refractivity (Wildman–Crippen MR) is 259 cm³/mol. The summed E-state index contributed by atoms with van der Waals surface area (Å²) in [5, 5.41) is 66.3. The van der Waals surface area contributed by atoms with Crippen molar-refractivity contribution < 1.29 is 120 Å². The summed E-state index contributed by atoms with van der Waals surface area (Å²) >= 11 is 0. The van der Waals surface area contributed by atoms with Crippen molar-refractivity contribution in [1.29, 1.82) is 0 Å². The van der Waals surface area contributed by atoms with Crippen LogP contribution >= 0.6 is 0 Å². The smallest absolute Gasteiger partial charge is 0.744 e. The number of anilines is 5. The molecule has 0 spiro atoms. The molecule has 32 heteroatoms. The molecule has 6 aromatic carbocycles. The number of aryl methyl sites for hydroxylation is 2. The number of methoxy groups -OCH3 is 2. The third-order valence-electron chi connectivity index (χ3n) is 9.36. The van der Waals surface area contributed by atoms with Crippen LogP contribution in [0.3, 0.4) is 0 Å². The fraction of sp³-hybridized carbons (Fsp3) is 0.159. The van der Waals surface area contributed by atoms with Crippen LogP contribution in [0.4, 0.5) is 63.3 Å². The molecule has 0 saturated carbocycles. The maximum Gasteiger partial charge on any atom is 1.00 e. The largest absolute Gasteiger partial charge is 1.00 e. The summed E-state index contributed by atoms with van der Waals surface area (Å²) < 4.78 is 96.6. The Hall–Kier alpha value is -6.95. The summed E-state index contributed by atoms with van der Waals surface area (Å²) in [6, 6.07) is 31.8. The van der Waals surface area contributed by atoms with Crippen LogP contribution in [0, 0.1) is 26.0 Å². The Balaban J connectivity index is 0.00000168. The van der Waals surface area contributed by atoms with Crippen LogP contribution in [-0.2, 0) is 31.3 Å². The van der Waals surface area contributed by atoms with E-state index in [2.05, 4.69) is 73.7 Å². The van der Waals surface area contributed by atoms with Gasteiger partial charge in [-0.2, -0.15) is 65.7 Å². The van der Waals surface area contributed by atoms with Gasteiger partial charge in [0, 0.05) is 41.5 Å². The molecule has 1 heterocycles. The minimum atomic E-state index is -4.73. The first-order valence-electron chi connectivity index (χ1n) is 20.4. The summed E-state index contributed by atoms with van der Waals surface area (Å²) in [5.74, 6) is 0.604. The van der Waals surface area contributed by atoms with Crippen molar-refractivity contribution in [2.24, 2.45) is 30.7 Å². The van der Waals surface area contributed by atoms with Crippen molar-refractivity contribution >= 4 is 105 Å². The standard InChI is InChI=1S/C44H40N12O8S.3Li.2O3S/c1-25-17-38(39(63-3)21-35(25)53-51-28-9-6-5-7-10-28)56-54-36-22-40(64-4)37(18-26(36)2)55-52-34-16-13-27-19-30(14-15-33(27)41(34)59)47-44-49-42(45-23-31(58)24-57)48-43(50-44)46-29-11-8-12-32(20-29)65(60,61)62;;;;2*1-4(2)3/h6-15,17-22,31,57-59H,23-24H2,1-4H3,(H,60,61,62)(H3,45,46,47,48,49,50);;;;;/q-2;3*+1;;/p-1. The third-order valence-corrected chi connectivity index (χ3v) is 10.2. The van der Waals surface area contributed by atoms with Gasteiger partial charge in [-0.15, -0.1) is 53.0 Å². The van der Waals surface area contributed by atoms with Gasteiger partial charge in [0.15, 0.2) is 0 Å². The first-order chi connectivity index (χ1) is 34.8. The van der Waals surface area contributed by atoms with Gasteiger partial charge in [0.2, 0.25) is 17.8 Å². The zero-order valence-corrected chi connectivity index (χ0v) is 43.8. The number of phenols is 1. The van der Waals surface area contributed by atoms with E-state index in [1.54, 1.807) is 66.7 Å². The van der Waals surface area contributed by atoms with E-state index in [9.17, 15) is 28.3 Å². The third kappa shape index (κ3) is 20.0. The Morgan fingerprint density at radius 1 is 0.684 bits per heavy atom. The summed E-state index contributed by atoms with van der Waals surface area (Å²) in [6.07, 6.45) is -1.11. The molecular formula is C44H39Li3N12O14S3. The van der Waals surface area contributed by atoms with E-state index in [1.807, 2.05) is 19.9 Å². The van der Waals surface area contributed by atoms with Gasteiger partial charge in [0.05, 0.1) is 43.2 Å². The molecule has 26 nitrogen and oxygen atoms in total. The minimum Gasteiger partial charge on any atom is -0.744 e. The number of phenolic OH excluding ortho intramolecular Hbond substituents is 1. The monoisotopic (exact) mass is 1080 g/mol. The van der Waals surface area contributed by atoms with E-state index < -0.39 is 48.9 Å². The number of fused-ring (bicyclic) bond motifs is 1. The van der Waals surface area contributed by atoms with Crippen molar-refractivity contribution in [2.45, 2.75) is 24.8 Å². The van der Waals surface area contributed by atoms with Crippen molar-refractivity contribution in [3.05, 3.63) is 120 Å². The van der Waals surface area contributed by atoms with Crippen LogP contribution in [0.25, 0.3) is 10.8 Å². The van der Waals surface area contributed by atoms with Crippen LogP contribution in [0.15, 0.2) is 133 Å². The van der Waals surface area contributed by atoms with Crippen molar-refractivity contribution in [1.82, 2.24) is 15.0 Å². The molecule has 1 aromatic heterocycles. The quantitative estimate of drug-likeness (QED) is 0.0258. The number of hydrogen-bond donors (Lipinski definition) is 6. The molecule has 1 unspecified atom stereocenters. The molecule has 0 fully saturated rings. The Kier molecular flexibility index (Phi) is 26.7. The fourth-order valence-electron chi connectivity index (χ4n) is 6.01. The Morgan fingerprint density at radius 3 is 1.71 bits per heavy atom. The van der Waals surface area contributed by atoms with Crippen molar-refractivity contribution in [3.8, 4) is 17.2 Å². The SMILES string of the molecule is COc1cc(N=Nc2cc(C)c(N=Nc3cc[c-]cc3)cc2OC)c(C)cc1N=Nc1[c-]cc2cc(Nc3nc(NCC(O)CO)nc(Nc4cccc(S(=O)(=O)[O-])c4)n3)ccc2c1O.O=S(=O)=O.O=S(=O)=O.[Li+].[Li+].[Li+]. The number of ether oxygens (including phenoxy) is 2. The number of nitrogens with zero attached hydrogens (tertiary/aromatic N) is 9. The molecular weight excluding hydrogens is 1040 g/mol. The van der Waals surface area contributed by atoms with Gasteiger partial charge in [0.1, 0.15) is 33.0 Å². The van der Waals surface area contributed by atoms with E-state index in [4.69, 9.17) is 34.7 Å². The summed E-state index contributed by atoms with van der Waals surface area (Å²) in [6.45, 7) is 3.11. The van der Waals surface area contributed by atoms with Crippen LogP contribution in [0.1, 0.15) is 11.1 Å². The van der Waals surface area contributed by atoms with E-state index in [0.29, 0.717) is 62.0 Å². The van der Waals surface area contributed by atoms with E-state index in [0.717, 1.165) is 17.7 Å².